The standard InChI is InChI=1S/C21H26ClNO3/c1-3-15-25-20-9-5-4-7-17(20)8-6-14-23-21(24)16(2)26-19-12-10-18(22)11-13-19/h4-5,7,9-13,16H,3,6,8,14-15H2,1-2H3,(H,23,24)/t16-/m1/s1. The summed E-state index contributed by atoms with van der Waals surface area (Å²) in [6, 6.07) is 15.0. The first-order valence-electron chi connectivity index (χ1n) is 9.00. The molecule has 0 fully saturated rings. The maximum Gasteiger partial charge on any atom is 0.260 e. The van der Waals surface area contributed by atoms with Gasteiger partial charge in [-0.3, -0.25) is 4.79 Å². The van der Waals surface area contributed by atoms with Crippen LogP contribution in [0.4, 0.5) is 0 Å². The van der Waals surface area contributed by atoms with Crippen LogP contribution in [0.3, 0.4) is 0 Å². The van der Waals surface area contributed by atoms with Gasteiger partial charge in [0, 0.05) is 11.6 Å². The summed E-state index contributed by atoms with van der Waals surface area (Å²) in [6.07, 6.45) is 2.12. The summed E-state index contributed by atoms with van der Waals surface area (Å²) in [6.45, 7) is 5.13. The van der Waals surface area contributed by atoms with Crippen molar-refractivity contribution < 1.29 is 14.3 Å². The third-order valence-corrected chi connectivity index (χ3v) is 4.10. The van der Waals surface area contributed by atoms with E-state index in [1.807, 2.05) is 18.2 Å². The topological polar surface area (TPSA) is 47.6 Å². The van der Waals surface area contributed by atoms with E-state index < -0.39 is 6.10 Å². The van der Waals surface area contributed by atoms with Crippen LogP contribution in [0.1, 0.15) is 32.3 Å². The zero-order chi connectivity index (χ0) is 18.8. The van der Waals surface area contributed by atoms with Crippen LogP contribution in [-0.4, -0.2) is 25.2 Å². The van der Waals surface area contributed by atoms with Gasteiger partial charge in [0.1, 0.15) is 11.5 Å². The Hall–Kier alpha value is -2.20. The lowest BCUT2D eigenvalue weighted by Gasteiger charge is -2.15. The smallest absolute Gasteiger partial charge is 0.260 e. The van der Waals surface area contributed by atoms with Crippen molar-refractivity contribution in [1.29, 1.82) is 0 Å². The van der Waals surface area contributed by atoms with Gasteiger partial charge in [0.05, 0.1) is 6.61 Å². The SMILES string of the molecule is CCCOc1ccccc1CCCNC(=O)[C@@H](C)Oc1ccc(Cl)cc1. The quantitative estimate of drug-likeness (QED) is 0.615. The molecule has 1 N–H and O–H groups in total. The second-order valence-corrected chi connectivity index (χ2v) is 6.50. The Morgan fingerprint density at radius 1 is 1.15 bits per heavy atom. The first-order chi connectivity index (χ1) is 12.6. The van der Waals surface area contributed by atoms with E-state index in [0.29, 0.717) is 23.9 Å². The fraction of sp³-hybridized carbons (Fsp3) is 0.381. The number of hydrogen-bond donors (Lipinski definition) is 1. The third-order valence-electron chi connectivity index (χ3n) is 3.85. The fourth-order valence-corrected chi connectivity index (χ4v) is 2.59. The Morgan fingerprint density at radius 2 is 1.88 bits per heavy atom. The number of benzene rings is 2. The van der Waals surface area contributed by atoms with Crippen molar-refractivity contribution in [1.82, 2.24) is 5.32 Å². The summed E-state index contributed by atoms with van der Waals surface area (Å²) in [4.78, 5) is 12.1. The highest BCUT2D eigenvalue weighted by atomic mass is 35.5. The minimum atomic E-state index is -0.559. The van der Waals surface area contributed by atoms with Crippen LogP contribution in [-0.2, 0) is 11.2 Å². The van der Waals surface area contributed by atoms with E-state index >= 15 is 0 Å². The number of aryl methyl sites for hydroxylation is 1. The van der Waals surface area contributed by atoms with Gasteiger partial charge in [-0.05, 0) is 62.1 Å². The van der Waals surface area contributed by atoms with Gasteiger partial charge < -0.3 is 14.8 Å². The molecular formula is C21H26ClNO3. The van der Waals surface area contributed by atoms with Crippen molar-refractivity contribution in [2.45, 2.75) is 39.2 Å². The second-order valence-electron chi connectivity index (χ2n) is 6.06. The minimum Gasteiger partial charge on any atom is -0.493 e. The Bertz CT molecular complexity index is 688. The highest BCUT2D eigenvalue weighted by Crippen LogP contribution is 2.20. The maximum atomic E-state index is 12.1. The number of rotatable bonds is 10. The Balaban J connectivity index is 1.73. The Kier molecular flexibility index (Phi) is 8.29. The van der Waals surface area contributed by atoms with Crippen LogP contribution < -0.4 is 14.8 Å². The van der Waals surface area contributed by atoms with E-state index in [1.165, 1.54) is 5.56 Å². The highest BCUT2D eigenvalue weighted by molar-refractivity contribution is 6.30. The molecule has 2 aromatic carbocycles. The number of carbonyl (C=O) groups is 1. The van der Waals surface area contributed by atoms with Crippen molar-refractivity contribution in [3.05, 3.63) is 59.1 Å². The lowest BCUT2D eigenvalue weighted by Crippen LogP contribution is -2.36. The molecule has 0 saturated carbocycles. The molecule has 0 spiro atoms. The molecule has 0 heterocycles. The molecule has 0 radical (unpaired) electrons. The van der Waals surface area contributed by atoms with Gasteiger partial charge in [-0.25, -0.2) is 0 Å². The third kappa shape index (κ3) is 6.60. The first kappa shape index (κ1) is 20.1. The minimum absolute atomic E-state index is 0.129. The van der Waals surface area contributed by atoms with E-state index in [-0.39, 0.29) is 5.91 Å². The fourth-order valence-electron chi connectivity index (χ4n) is 2.47. The van der Waals surface area contributed by atoms with Crippen LogP contribution in [0.5, 0.6) is 11.5 Å². The molecule has 5 heteroatoms. The molecule has 4 nitrogen and oxygen atoms in total. The zero-order valence-electron chi connectivity index (χ0n) is 15.3. The lowest BCUT2D eigenvalue weighted by molar-refractivity contribution is -0.127. The molecule has 0 bridgehead atoms. The number of ether oxygens (including phenoxy) is 2. The molecule has 1 amide bonds. The van der Waals surface area contributed by atoms with Crippen LogP contribution >= 0.6 is 11.6 Å². The molecule has 140 valence electrons. The van der Waals surface area contributed by atoms with Gasteiger partial charge in [0.25, 0.3) is 5.91 Å². The molecule has 0 aliphatic heterocycles. The van der Waals surface area contributed by atoms with E-state index in [9.17, 15) is 4.79 Å². The zero-order valence-corrected chi connectivity index (χ0v) is 16.1. The molecular weight excluding hydrogens is 350 g/mol. The van der Waals surface area contributed by atoms with Gasteiger partial charge >= 0.3 is 0 Å². The van der Waals surface area contributed by atoms with Crippen LogP contribution in [0.15, 0.2) is 48.5 Å². The number of carbonyl (C=O) groups excluding carboxylic acids is 1. The number of nitrogens with one attached hydrogen (secondary N) is 1. The molecule has 0 aliphatic rings. The molecule has 0 aliphatic carbocycles. The molecule has 0 unspecified atom stereocenters. The molecule has 26 heavy (non-hydrogen) atoms. The maximum absolute atomic E-state index is 12.1. The van der Waals surface area contributed by atoms with E-state index in [4.69, 9.17) is 21.1 Å². The number of hydrogen-bond acceptors (Lipinski definition) is 3. The number of amides is 1. The lowest BCUT2D eigenvalue weighted by atomic mass is 10.1. The predicted octanol–water partition coefficient (Wildman–Crippen LogP) is 4.65. The average molecular weight is 376 g/mol. The normalized spacial score (nSPS) is 11.7. The molecule has 0 aromatic heterocycles. The van der Waals surface area contributed by atoms with Gasteiger partial charge in [-0.2, -0.15) is 0 Å². The molecule has 2 rings (SSSR count). The van der Waals surface area contributed by atoms with Gasteiger partial charge in [0.2, 0.25) is 0 Å². The van der Waals surface area contributed by atoms with E-state index in [1.54, 1.807) is 31.2 Å². The number of halogens is 1. The second kappa shape index (κ2) is 10.7. The van der Waals surface area contributed by atoms with Crippen molar-refractivity contribution in [3.8, 4) is 11.5 Å². The van der Waals surface area contributed by atoms with Crippen LogP contribution in [0, 0.1) is 0 Å². The van der Waals surface area contributed by atoms with Gasteiger partial charge in [-0.1, -0.05) is 36.7 Å². The molecule has 1 atom stereocenters. The largest absolute Gasteiger partial charge is 0.493 e. The monoisotopic (exact) mass is 375 g/mol. The van der Waals surface area contributed by atoms with Crippen molar-refractivity contribution in [2.24, 2.45) is 0 Å². The predicted molar refractivity (Wildman–Crippen MR) is 105 cm³/mol. The van der Waals surface area contributed by atoms with Crippen LogP contribution in [0.2, 0.25) is 5.02 Å². The van der Waals surface area contributed by atoms with Crippen LogP contribution in [0.25, 0.3) is 0 Å². The Morgan fingerprint density at radius 3 is 2.62 bits per heavy atom. The summed E-state index contributed by atoms with van der Waals surface area (Å²) in [5.41, 5.74) is 1.17. The average Bonchev–Trinajstić information content (AvgIpc) is 2.66. The summed E-state index contributed by atoms with van der Waals surface area (Å²) in [5.74, 6) is 1.43. The number of para-hydroxylation sites is 1. The summed E-state index contributed by atoms with van der Waals surface area (Å²) in [7, 11) is 0. The molecule has 2 aromatic rings. The van der Waals surface area contributed by atoms with E-state index in [0.717, 1.165) is 25.0 Å². The summed E-state index contributed by atoms with van der Waals surface area (Å²) < 4.78 is 11.4. The van der Waals surface area contributed by atoms with Crippen molar-refractivity contribution in [3.63, 3.8) is 0 Å². The van der Waals surface area contributed by atoms with Gasteiger partial charge in [0.15, 0.2) is 6.10 Å². The summed E-state index contributed by atoms with van der Waals surface area (Å²) >= 11 is 5.84. The molecule has 0 saturated heterocycles. The van der Waals surface area contributed by atoms with Gasteiger partial charge in [-0.15, -0.1) is 0 Å². The Labute approximate surface area is 160 Å². The van der Waals surface area contributed by atoms with Crippen molar-refractivity contribution >= 4 is 17.5 Å². The highest BCUT2D eigenvalue weighted by Gasteiger charge is 2.14. The van der Waals surface area contributed by atoms with E-state index in [2.05, 4.69) is 18.3 Å². The summed E-state index contributed by atoms with van der Waals surface area (Å²) in [5, 5.41) is 3.55. The first-order valence-corrected chi connectivity index (χ1v) is 9.38. The van der Waals surface area contributed by atoms with Crippen molar-refractivity contribution in [2.75, 3.05) is 13.2 Å².